The predicted octanol–water partition coefficient (Wildman–Crippen LogP) is 11.2. The summed E-state index contributed by atoms with van der Waals surface area (Å²) in [5, 5.41) is 46.4. The zero-order chi connectivity index (χ0) is 30.1. The van der Waals surface area contributed by atoms with E-state index in [1.165, 1.54) is 22.6 Å². The van der Waals surface area contributed by atoms with Crippen molar-refractivity contribution in [3.05, 3.63) is 119 Å². The minimum absolute atomic E-state index is 0. The van der Waals surface area contributed by atoms with E-state index < -0.39 is 0 Å². The Morgan fingerprint density at radius 1 is 0.545 bits per heavy atom. The fourth-order valence-electron chi connectivity index (χ4n) is 5.28. The number of nitrogens with zero attached hydrogens (tertiary/aromatic N) is 4. The Hall–Kier alpha value is -5.04. The fourth-order valence-corrected chi connectivity index (χ4v) is 5.28. The first-order valence-corrected chi connectivity index (χ1v) is 14.0. The number of anilines is 2. The smallest absolute Gasteiger partial charge is 0.151 e. The van der Waals surface area contributed by atoms with Crippen molar-refractivity contribution < 1.29 is 27.3 Å². The van der Waals surface area contributed by atoms with Gasteiger partial charge in [0.05, 0.1) is 11.4 Å². The van der Waals surface area contributed by atoms with Crippen LogP contribution in [0.3, 0.4) is 0 Å². The minimum Gasteiger partial charge on any atom is -0.506 e. The molecule has 0 saturated heterocycles. The molecule has 223 valence electrons. The van der Waals surface area contributed by atoms with Gasteiger partial charge in [0, 0.05) is 39.9 Å². The third-order valence-corrected chi connectivity index (χ3v) is 7.45. The van der Waals surface area contributed by atoms with Crippen LogP contribution in [0, 0.1) is 27.7 Å². The van der Waals surface area contributed by atoms with Crippen molar-refractivity contribution in [3.63, 3.8) is 0 Å². The molecule has 0 aliphatic heterocycles. The monoisotopic (exact) mass is 628 g/mol. The molecule has 7 nitrogen and oxygen atoms in total. The molecule has 6 rings (SSSR count). The molecule has 0 atom stereocenters. The van der Waals surface area contributed by atoms with Gasteiger partial charge in [-0.15, -0.1) is 10.2 Å². The summed E-state index contributed by atoms with van der Waals surface area (Å²) in [6, 6.07) is 31.1. The van der Waals surface area contributed by atoms with Gasteiger partial charge in [-0.2, -0.15) is 10.2 Å². The van der Waals surface area contributed by atoms with Crippen molar-refractivity contribution in [3.8, 4) is 11.5 Å². The van der Waals surface area contributed by atoms with Gasteiger partial charge in [0.2, 0.25) is 0 Å². The van der Waals surface area contributed by atoms with Crippen LogP contribution < -0.4 is 5.32 Å². The van der Waals surface area contributed by atoms with E-state index in [1.54, 1.807) is 6.07 Å². The van der Waals surface area contributed by atoms with Crippen molar-refractivity contribution in [1.29, 1.82) is 0 Å². The van der Waals surface area contributed by atoms with E-state index in [1.807, 2.05) is 80.6 Å². The first-order chi connectivity index (χ1) is 20.7. The second-order valence-electron chi connectivity index (χ2n) is 10.8. The molecule has 0 spiro atoms. The molecule has 0 aromatic heterocycles. The number of fused-ring (bicyclic) bond motifs is 2. The molecule has 0 saturated carbocycles. The van der Waals surface area contributed by atoms with Crippen LogP contribution in [0.25, 0.3) is 21.5 Å². The van der Waals surface area contributed by atoms with Crippen LogP contribution >= 0.6 is 0 Å². The van der Waals surface area contributed by atoms with Gasteiger partial charge in [-0.25, -0.2) is 0 Å². The van der Waals surface area contributed by atoms with Crippen LogP contribution in [0.1, 0.15) is 22.3 Å². The van der Waals surface area contributed by atoms with Crippen LogP contribution in [0.2, 0.25) is 0 Å². The number of para-hydroxylation sites is 1. The Morgan fingerprint density at radius 2 is 1.27 bits per heavy atom. The van der Waals surface area contributed by atoms with Gasteiger partial charge in [-0.3, -0.25) is 0 Å². The van der Waals surface area contributed by atoms with E-state index in [-0.39, 0.29) is 34.3 Å². The summed E-state index contributed by atoms with van der Waals surface area (Å²) in [7, 11) is 0. The maximum atomic E-state index is 11.1. The second-order valence-corrected chi connectivity index (χ2v) is 10.8. The van der Waals surface area contributed by atoms with Gasteiger partial charge in [-0.1, -0.05) is 42.0 Å². The molecule has 6 aromatic rings. The summed E-state index contributed by atoms with van der Waals surface area (Å²) in [4.78, 5) is 0. The molecule has 0 fully saturated rings. The summed E-state index contributed by atoms with van der Waals surface area (Å²) < 4.78 is 0. The maximum Gasteiger partial charge on any atom is 0.151 e. The molecule has 1 radical (unpaired) electrons. The quantitative estimate of drug-likeness (QED) is 0.126. The largest absolute Gasteiger partial charge is 0.506 e. The average Bonchev–Trinajstić information content (AvgIpc) is 2.98. The summed E-state index contributed by atoms with van der Waals surface area (Å²) in [6.07, 6.45) is 0. The molecular weight excluding hydrogens is 598 g/mol. The van der Waals surface area contributed by atoms with Crippen molar-refractivity contribution in [2.24, 2.45) is 20.5 Å². The Morgan fingerprint density at radius 3 is 2.07 bits per heavy atom. The zero-order valence-corrected chi connectivity index (χ0v) is 25.7. The number of hydrogen-bond acceptors (Lipinski definition) is 7. The number of nitrogens with one attached hydrogen (secondary N) is 1. The minimum atomic E-state index is -0.0809. The topological polar surface area (TPSA) is 102 Å². The first kappa shape index (κ1) is 30.4. The number of azo groups is 2. The Bertz CT molecular complexity index is 2070. The van der Waals surface area contributed by atoms with Crippen LogP contribution in [0.4, 0.5) is 34.1 Å². The standard InChI is InChI=1S/C36H31N5O2.Cu/c1-21-14-22(2)30-12-11-29(19-25(30)15-21)38-39-32-20-34(42)33(17-23(32)3)40-41-35-24(4)16-26-18-28(10-13-31(26)36(35)43)37-27-8-6-5-7-9-27;/h5-20,37,42-43H,1-4H3;. The van der Waals surface area contributed by atoms with Gasteiger partial charge in [0.1, 0.15) is 17.1 Å². The second kappa shape index (κ2) is 12.7. The van der Waals surface area contributed by atoms with E-state index in [9.17, 15) is 10.2 Å². The Labute approximate surface area is 266 Å². The molecule has 0 amide bonds. The molecule has 0 heterocycles. The van der Waals surface area contributed by atoms with Gasteiger partial charge in [0.25, 0.3) is 0 Å². The number of aromatic hydroxyl groups is 2. The third kappa shape index (κ3) is 6.32. The van der Waals surface area contributed by atoms with E-state index in [0.29, 0.717) is 16.8 Å². The SMILES string of the molecule is Cc1cc(C)c2ccc(N=Nc3cc(O)c(N=Nc4c(C)cc5cc(Nc6ccccc6)ccc5c4O)cc3C)cc2c1.[Cu]. The number of phenolic OH excluding ortho intramolecular Hbond substituents is 2. The molecule has 0 aliphatic rings. The molecule has 6 aromatic carbocycles. The number of rotatable bonds is 6. The summed E-state index contributed by atoms with van der Waals surface area (Å²) >= 11 is 0. The van der Waals surface area contributed by atoms with Crippen LogP contribution in [-0.4, -0.2) is 10.2 Å². The fraction of sp³-hybridized carbons (Fsp3) is 0.111. The van der Waals surface area contributed by atoms with Crippen molar-refractivity contribution in [1.82, 2.24) is 0 Å². The molecule has 8 heteroatoms. The number of aryl methyl sites for hydroxylation is 4. The van der Waals surface area contributed by atoms with E-state index in [4.69, 9.17) is 0 Å². The van der Waals surface area contributed by atoms with Crippen LogP contribution in [0.15, 0.2) is 118 Å². The number of hydrogen-bond donors (Lipinski definition) is 3. The maximum absolute atomic E-state index is 11.1. The van der Waals surface area contributed by atoms with Gasteiger partial charge < -0.3 is 15.5 Å². The van der Waals surface area contributed by atoms with Gasteiger partial charge in [-0.05, 0) is 115 Å². The zero-order valence-electron chi connectivity index (χ0n) is 24.7. The molecule has 3 N–H and O–H groups in total. The van der Waals surface area contributed by atoms with Crippen molar-refractivity contribution in [2.75, 3.05) is 5.32 Å². The first-order valence-electron chi connectivity index (χ1n) is 14.0. The van der Waals surface area contributed by atoms with Gasteiger partial charge in [0.15, 0.2) is 5.75 Å². The van der Waals surface area contributed by atoms with E-state index in [2.05, 4.69) is 57.8 Å². The average molecular weight is 629 g/mol. The van der Waals surface area contributed by atoms with Crippen LogP contribution in [-0.2, 0) is 17.1 Å². The molecule has 0 bridgehead atoms. The number of benzene rings is 6. The summed E-state index contributed by atoms with van der Waals surface area (Å²) in [5.74, 6) is -0.0463. The molecule has 0 unspecified atom stereocenters. The summed E-state index contributed by atoms with van der Waals surface area (Å²) in [5.41, 5.74) is 7.72. The molecular formula is C36H31CuN5O2. The summed E-state index contributed by atoms with van der Waals surface area (Å²) in [6.45, 7) is 7.92. The number of phenols is 2. The Kier molecular flexibility index (Phi) is 8.76. The Balaban J connectivity index is 0.00000384. The third-order valence-electron chi connectivity index (χ3n) is 7.45. The van der Waals surface area contributed by atoms with Crippen molar-refractivity contribution >= 4 is 55.7 Å². The normalized spacial score (nSPS) is 11.5. The van der Waals surface area contributed by atoms with Gasteiger partial charge >= 0.3 is 0 Å². The molecule has 44 heavy (non-hydrogen) atoms. The molecule has 0 aliphatic carbocycles. The van der Waals surface area contributed by atoms with E-state index in [0.717, 1.165) is 39.0 Å². The predicted molar refractivity (Wildman–Crippen MR) is 175 cm³/mol. The van der Waals surface area contributed by atoms with E-state index >= 15 is 0 Å². The van der Waals surface area contributed by atoms with Crippen molar-refractivity contribution in [2.45, 2.75) is 27.7 Å². The van der Waals surface area contributed by atoms with Crippen LogP contribution in [0.5, 0.6) is 11.5 Å².